The first kappa shape index (κ1) is 14.9. The topological polar surface area (TPSA) is 49.8 Å². The summed E-state index contributed by atoms with van der Waals surface area (Å²) in [7, 11) is 1.66. The Morgan fingerprint density at radius 2 is 2.00 bits per heavy atom. The van der Waals surface area contributed by atoms with Crippen LogP contribution in [0.15, 0.2) is 18.2 Å². The van der Waals surface area contributed by atoms with Crippen molar-refractivity contribution in [1.29, 1.82) is 0 Å². The third kappa shape index (κ3) is 2.66. The molecule has 0 saturated carbocycles. The van der Waals surface area contributed by atoms with Gasteiger partial charge in [-0.3, -0.25) is 9.69 Å². The molecule has 0 amide bonds. The van der Waals surface area contributed by atoms with Crippen molar-refractivity contribution < 1.29 is 23.4 Å². The van der Waals surface area contributed by atoms with Crippen molar-refractivity contribution in [1.82, 2.24) is 4.90 Å². The van der Waals surface area contributed by atoms with E-state index in [-0.39, 0.29) is 18.8 Å². The Morgan fingerprint density at radius 1 is 1.40 bits per heavy atom. The average molecular weight is 285 g/mol. The van der Waals surface area contributed by atoms with Crippen molar-refractivity contribution in [3.63, 3.8) is 0 Å². The van der Waals surface area contributed by atoms with E-state index in [0.29, 0.717) is 0 Å². The number of nitrogens with zero attached hydrogens (tertiary/aromatic N) is 1. The lowest BCUT2D eigenvalue weighted by atomic mass is 9.98. The lowest BCUT2D eigenvalue weighted by molar-refractivity contribution is -0.143. The minimum atomic E-state index is -0.958. The number of carbonyl (C=O) groups is 1. The zero-order valence-corrected chi connectivity index (χ0v) is 11.3. The molecule has 3 atom stereocenters. The number of halogens is 2. The minimum absolute atomic E-state index is 0.0500. The Morgan fingerprint density at radius 3 is 2.55 bits per heavy atom. The van der Waals surface area contributed by atoms with Crippen LogP contribution in [0.3, 0.4) is 0 Å². The van der Waals surface area contributed by atoms with Crippen LogP contribution < -0.4 is 0 Å². The molecule has 1 heterocycles. The number of carboxylic acid groups (broad SMARTS) is 1. The summed E-state index contributed by atoms with van der Waals surface area (Å²) >= 11 is 0. The number of ether oxygens (including phenoxy) is 1. The molecule has 1 aliphatic heterocycles. The highest BCUT2D eigenvalue weighted by atomic mass is 19.1. The summed E-state index contributed by atoms with van der Waals surface area (Å²) in [4.78, 5) is 12.8. The standard InChI is InChI=1S/C14H17F2NO3/c1-8(13-10(15)4-3-5-11(13)16)17(2)12-7-20-6-9(12)14(18)19/h3-5,8-9,12H,6-7H2,1-2H3,(H,18,19). The predicted molar refractivity (Wildman–Crippen MR) is 68.3 cm³/mol. The molecular weight excluding hydrogens is 268 g/mol. The van der Waals surface area contributed by atoms with Gasteiger partial charge in [-0.15, -0.1) is 0 Å². The maximum atomic E-state index is 13.8. The number of rotatable bonds is 4. The number of likely N-dealkylation sites (N-methyl/N-ethyl adjacent to an activating group) is 1. The van der Waals surface area contributed by atoms with Gasteiger partial charge in [-0.2, -0.15) is 0 Å². The Hall–Kier alpha value is -1.53. The first-order chi connectivity index (χ1) is 9.43. The fraction of sp³-hybridized carbons (Fsp3) is 0.500. The largest absolute Gasteiger partial charge is 0.481 e. The molecule has 1 fully saturated rings. The van der Waals surface area contributed by atoms with Gasteiger partial charge in [-0.1, -0.05) is 6.07 Å². The molecule has 6 heteroatoms. The van der Waals surface area contributed by atoms with Crippen molar-refractivity contribution in [2.24, 2.45) is 5.92 Å². The van der Waals surface area contributed by atoms with E-state index in [1.165, 1.54) is 18.2 Å². The number of aliphatic carboxylic acids is 1. The highest BCUT2D eigenvalue weighted by Gasteiger charge is 2.39. The van der Waals surface area contributed by atoms with Crippen LogP contribution in [-0.4, -0.2) is 42.3 Å². The summed E-state index contributed by atoms with van der Waals surface area (Å²) in [5.41, 5.74) is -0.0500. The first-order valence-corrected chi connectivity index (χ1v) is 6.40. The smallest absolute Gasteiger partial charge is 0.310 e. The predicted octanol–water partition coefficient (Wildman–Crippen LogP) is 2.06. The molecule has 1 N–H and O–H groups in total. The van der Waals surface area contributed by atoms with E-state index >= 15 is 0 Å². The Labute approximate surface area is 116 Å². The summed E-state index contributed by atoms with van der Waals surface area (Å²) in [6, 6.07) is 2.72. The van der Waals surface area contributed by atoms with Crippen molar-refractivity contribution in [3.05, 3.63) is 35.4 Å². The fourth-order valence-electron chi connectivity index (χ4n) is 2.58. The van der Waals surface area contributed by atoms with Crippen molar-refractivity contribution in [3.8, 4) is 0 Å². The number of carboxylic acids is 1. The molecule has 4 nitrogen and oxygen atoms in total. The molecule has 110 valence electrons. The van der Waals surface area contributed by atoms with Crippen LogP contribution in [0, 0.1) is 17.6 Å². The zero-order chi connectivity index (χ0) is 14.9. The molecule has 1 saturated heterocycles. The summed E-state index contributed by atoms with van der Waals surface area (Å²) in [6.07, 6.45) is 0. The van der Waals surface area contributed by atoms with Crippen LogP contribution in [0.1, 0.15) is 18.5 Å². The molecule has 0 spiro atoms. The van der Waals surface area contributed by atoms with Gasteiger partial charge in [0.2, 0.25) is 0 Å². The molecule has 3 unspecified atom stereocenters. The number of benzene rings is 1. The highest BCUT2D eigenvalue weighted by Crippen LogP contribution is 2.30. The number of hydrogen-bond donors (Lipinski definition) is 1. The zero-order valence-electron chi connectivity index (χ0n) is 11.3. The summed E-state index contributed by atoms with van der Waals surface area (Å²) < 4.78 is 32.8. The van der Waals surface area contributed by atoms with Gasteiger partial charge < -0.3 is 9.84 Å². The molecule has 20 heavy (non-hydrogen) atoms. The van der Waals surface area contributed by atoms with Gasteiger partial charge >= 0.3 is 5.97 Å². The number of hydrogen-bond acceptors (Lipinski definition) is 3. The molecule has 1 aliphatic rings. The second kappa shape index (κ2) is 5.85. The molecule has 0 bridgehead atoms. The van der Waals surface area contributed by atoms with E-state index in [9.17, 15) is 13.6 Å². The van der Waals surface area contributed by atoms with Crippen LogP contribution in [0.4, 0.5) is 8.78 Å². The molecule has 1 aromatic carbocycles. The van der Waals surface area contributed by atoms with Crippen molar-refractivity contribution in [2.45, 2.75) is 19.0 Å². The van der Waals surface area contributed by atoms with Crippen molar-refractivity contribution in [2.75, 3.05) is 20.3 Å². The summed E-state index contributed by atoms with van der Waals surface area (Å²) in [5.74, 6) is -2.90. The fourth-order valence-corrected chi connectivity index (χ4v) is 2.58. The van der Waals surface area contributed by atoms with E-state index < -0.39 is 35.6 Å². The average Bonchev–Trinajstić information content (AvgIpc) is 2.86. The molecule has 0 aromatic heterocycles. The lowest BCUT2D eigenvalue weighted by Crippen LogP contribution is -2.42. The van der Waals surface area contributed by atoms with Crippen LogP contribution in [0.25, 0.3) is 0 Å². The molecule has 1 aromatic rings. The maximum Gasteiger partial charge on any atom is 0.310 e. The van der Waals surface area contributed by atoms with Gasteiger partial charge in [0.25, 0.3) is 0 Å². The van der Waals surface area contributed by atoms with E-state index in [1.807, 2.05) is 0 Å². The van der Waals surface area contributed by atoms with Crippen LogP contribution in [-0.2, 0) is 9.53 Å². The lowest BCUT2D eigenvalue weighted by Gasteiger charge is -2.32. The van der Waals surface area contributed by atoms with Crippen molar-refractivity contribution >= 4 is 5.97 Å². The molecule has 0 aliphatic carbocycles. The molecule has 2 rings (SSSR count). The Kier molecular flexibility index (Phi) is 4.35. The van der Waals surface area contributed by atoms with Crippen LogP contribution >= 0.6 is 0 Å². The van der Waals surface area contributed by atoms with E-state index in [1.54, 1.807) is 18.9 Å². The third-order valence-electron chi connectivity index (χ3n) is 3.92. The monoisotopic (exact) mass is 285 g/mol. The van der Waals surface area contributed by atoms with Gasteiger partial charge in [0.05, 0.1) is 19.1 Å². The molecule has 0 radical (unpaired) electrons. The summed E-state index contributed by atoms with van der Waals surface area (Å²) in [6.45, 7) is 2.02. The van der Waals surface area contributed by atoms with Crippen LogP contribution in [0.5, 0.6) is 0 Å². The SMILES string of the molecule is CC(c1c(F)cccc1F)N(C)C1COCC1C(=O)O. The normalized spacial score (nSPS) is 24.1. The molecular formula is C14H17F2NO3. The first-order valence-electron chi connectivity index (χ1n) is 6.40. The quantitative estimate of drug-likeness (QED) is 0.920. The third-order valence-corrected chi connectivity index (χ3v) is 3.92. The Balaban J connectivity index is 2.24. The minimum Gasteiger partial charge on any atom is -0.481 e. The second-order valence-electron chi connectivity index (χ2n) is 5.03. The van der Waals surface area contributed by atoms with E-state index in [4.69, 9.17) is 9.84 Å². The van der Waals surface area contributed by atoms with E-state index in [2.05, 4.69) is 0 Å². The maximum absolute atomic E-state index is 13.8. The van der Waals surface area contributed by atoms with Gasteiger partial charge in [-0.25, -0.2) is 8.78 Å². The second-order valence-corrected chi connectivity index (χ2v) is 5.03. The van der Waals surface area contributed by atoms with Gasteiger partial charge in [0, 0.05) is 17.6 Å². The summed E-state index contributed by atoms with van der Waals surface area (Å²) in [5, 5.41) is 9.14. The van der Waals surface area contributed by atoms with Gasteiger partial charge in [0.15, 0.2) is 0 Å². The van der Waals surface area contributed by atoms with Crippen LogP contribution in [0.2, 0.25) is 0 Å². The van der Waals surface area contributed by atoms with Gasteiger partial charge in [-0.05, 0) is 26.1 Å². The Bertz CT molecular complexity index is 489. The van der Waals surface area contributed by atoms with E-state index in [0.717, 1.165) is 0 Å². The van der Waals surface area contributed by atoms with Gasteiger partial charge in [0.1, 0.15) is 11.6 Å². The highest BCUT2D eigenvalue weighted by molar-refractivity contribution is 5.71.